The van der Waals surface area contributed by atoms with Gasteiger partial charge in [-0.1, -0.05) is 18.2 Å². The van der Waals surface area contributed by atoms with Gasteiger partial charge in [0.1, 0.15) is 5.75 Å². The molecule has 0 fully saturated rings. The second-order valence-electron chi connectivity index (χ2n) is 5.08. The van der Waals surface area contributed by atoms with Crippen LogP contribution in [0.3, 0.4) is 0 Å². The van der Waals surface area contributed by atoms with Crippen molar-refractivity contribution in [3.8, 4) is 5.75 Å². The minimum atomic E-state index is -0.234. The summed E-state index contributed by atoms with van der Waals surface area (Å²) < 4.78 is 6.50. The fourth-order valence-electron chi connectivity index (χ4n) is 1.90. The average Bonchev–Trinajstić information content (AvgIpc) is 2.47. The number of thiocarbonyl (C=S) groups is 1. The Morgan fingerprint density at radius 3 is 2.61 bits per heavy atom. The van der Waals surface area contributed by atoms with E-state index < -0.39 is 0 Å². The molecule has 0 aliphatic rings. The molecule has 120 valence electrons. The topological polar surface area (TPSA) is 50.4 Å². The Hall–Kier alpha value is -1.67. The fourth-order valence-corrected chi connectivity index (χ4v) is 2.74. The van der Waals surface area contributed by atoms with E-state index in [4.69, 9.17) is 17.0 Å². The third-order valence-electron chi connectivity index (χ3n) is 2.81. The van der Waals surface area contributed by atoms with Crippen LogP contribution in [-0.2, 0) is 0 Å². The Kier molecular flexibility index (Phi) is 6.35. The van der Waals surface area contributed by atoms with Crippen molar-refractivity contribution in [2.24, 2.45) is 0 Å². The summed E-state index contributed by atoms with van der Waals surface area (Å²) >= 11 is 7.32. The molecule has 0 heterocycles. The highest BCUT2D eigenvalue weighted by Crippen LogP contribution is 2.18. The number of carbonyl (C=O) groups excluding carboxylic acids is 1. The van der Waals surface area contributed by atoms with E-state index in [-0.39, 0.29) is 17.1 Å². The van der Waals surface area contributed by atoms with Crippen molar-refractivity contribution in [1.29, 1.82) is 0 Å². The van der Waals surface area contributed by atoms with Gasteiger partial charge in [-0.15, -0.1) is 0 Å². The van der Waals surface area contributed by atoms with Gasteiger partial charge in [-0.3, -0.25) is 10.1 Å². The molecule has 0 saturated carbocycles. The lowest BCUT2D eigenvalue weighted by molar-refractivity contribution is 0.0977. The number of hydrogen-bond donors (Lipinski definition) is 2. The predicted molar refractivity (Wildman–Crippen MR) is 105 cm³/mol. The number of anilines is 1. The lowest BCUT2D eigenvalue weighted by Gasteiger charge is -2.13. The Labute approximate surface area is 154 Å². The van der Waals surface area contributed by atoms with E-state index >= 15 is 0 Å². The Balaban J connectivity index is 2.00. The summed E-state index contributed by atoms with van der Waals surface area (Å²) in [5.74, 6) is 0.513. The maximum absolute atomic E-state index is 12.2. The monoisotopic (exact) mass is 440 g/mol. The van der Waals surface area contributed by atoms with Crippen LogP contribution in [-0.4, -0.2) is 17.1 Å². The maximum Gasteiger partial charge on any atom is 0.258 e. The number of benzene rings is 2. The molecule has 2 aromatic rings. The summed E-state index contributed by atoms with van der Waals surface area (Å²) in [5, 5.41) is 5.92. The third-order valence-corrected chi connectivity index (χ3v) is 3.95. The molecule has 2 rings (SSSR count). The van der Waals surface area contributed by atoms with E-state index in [1.54, 1.807) is 6.07 Å². The zero-order valence-corrected chi connectivity index (χ0v) is 15.8. The van der Waals surface area contributed by atoms with Crippen molar-refractivity contribution >= 4 is 51.5 Å². The quantitative estimate of drug-likeness (QED) is 0.553. The Bertz CT molecular complexity index is 719. The van der Waals surface area contributed by atoms with Gasteiger partial charge in [-0.05, 0) is 72.9 Å². The molecule has 4 nitrogen and oxygen atoms in total. The number of nitrogens with one attached hydrogen (secondary N) is 2. The third kappa shape index (κ3) is 5.47. The van der Waals surface area contributed by atoms with Gasteiger partial charge in [-0.2, -0.15) is 0 Å². The van der Waals surface area contributed by atoms with Gasteiger partial charge in [0, 0.05) is 15.3 Å². The van der Waals surface area contributed by atoms with Gasteiger partial charge in [0.05, 0.1) is 11.7 Å². The first-order valence-electron chi connectivity index (χ1n) is 7.09. The van der Waals surface area contributed by atoms with E-state index in [2.05, 4.69) is 33.2 Å². The molecule has 1 amide bonds. The Morgan fingerprint density at radius 2 is 1.91 bits per heavy atom. The summed E-state index contributed by atoms with van der Waals surface area (Å²) in [6.45, 7) is 3.93. The van der Waals surface area contributed by atoms with Gasteiger partial charge >= 0.3 is 0 Å². The number of rotatable bonds is 4. The van der Waals surface area contributed by atoms with E-state index in [0.29, 0.717) is 5.56 Å². The number of carbonyl (C=O) groups is 1. The SMILES string of the molecule is CC(C)Oc1cccc(NC(=S)NC(=O)c2ccccc2I)c1. The van der Waals surface area contributed by atoms with Gasteiger partial charge < -0.3 is 10.1 Å². The zero-order valence-electron chi connectivity index (χ0n) is 12.8. The summed E-state index contributed by atoms with van der Waals surface area (Å²) in [6, 6.07) is 14.8. The zero-order chi connectivity index (χ0) is 16.8. The van der Waals surface area contributed by atoms with Crippen LogP contribution in [0, 0.1) is 3.57 Å². The van der Waals surface area contributed by atoms with Crippen molar-refractivity contribution in [2.45, 2.75) is 20.0 Å². The number of hydrogen-bond acceptors (Lipinski definition) is 3. The smallest absolute Gasteiger partial charge is 0.258 e. The van der Waals surface area contributed by atoms with Crippen molar-refractivity contribution in [2.75, 3.05) is 5.32 Å². The molecule has 0 aliphatic heterocycles. The molecule has 0 radical (unpaired) electrons. The molecule has 0 aromatic heterocycles. The van der Waals surface area contributed by atoms with Gasteiger partial charge in [-0.25, -0.2) is 0 Å². The van der Waals surface area contributed by atoms with Crippen molar-refractivity contribution in [1.82, 2.24) is 5.32 Å². The second-order valence-corrected chi connectivity index (χ2v) is 6.65. The van der Waals surface area contributed by atoms with Crippen molar-refractivity contribution < 1.29 is 9.53 Å². The highest BCUT2D eigenvalue weighted by molar-refractivity contribution is 14.1. The molecule has 0 spiro atoms. The number of amides is 1. The largest absolute Gasteiger partial charge is 0.491 e. The molecular weight excluding hydrogens is 423 g/mol. The van der Waals surface area contributed by atoms with Crippen LogP contribution >= 0.6 is 34.8 Å². The van der Waals surface area contributed by atoms with Crippen LogP contribution in [0.4, 0.5) is 5.69 Å². The first kappa shape index (κ1) is 17.7. The highest BCUT2D eigenvalue weighted by Gasteiger charge is 2.11. The second kappa shape index (κ2) is 8.26. The van der Waals surface area contributed by atoms with Gasteiger partial charge in [0.2, 0.25) is 0 Å². The number of ether oxygens (including phenoxy) is 1. The average molecular weight is 440 g/mol. The molecule has 2 N–H and O–H groups in total. The number of halogens is 1. The van der Waals surface area contributed by atoms with Gasteiger partial charge in [0.25, 0.3) is 5.91 Å². The van der Waals surface area contributed by atoms with E-state index in [0.717, 1.165) is 15.0 Å². The first-order chi connectivity index (χ1) is 11.0. The molecule has 6 heteroatoms. The lowest BCUT2D eigenvalue weighted by atomic mass is 10.2. The minimum absolute atomic E-state index is 0.0945. The normalized spacial score (nSPS) is 10.3. The molecule has 0 unspecified atom stereocenters. The first-order valence-corrected chi connectivity index (χ1v) is 8.58. The molecule has 0 bridgehead atoms. The molecule has 2 aromatic carbocycles. The van der Waals surface area contributed by atoms with E-state index in [9.17, 15) is 4.79 Å². The van der Waals surface area contributed by atoms with Crippen LogP contribution in [0.5, 0.6) is 5.75 Å². The van der Waals surface area contributed by atoms with Crippen LogP contribution in [0.25, 0.3) is 0 Å². The van der Waals surface area contributed by atoms with Crippen molar-refractivity contribution in [3.63, 3.8) is 0 Å². The molecule has 0 aliphatic carbocycles. The Morgan fingerprint density at radius 1 is 1.17 bits per heavy atom. The standard InChI is InChI=1S/C17H17IN2O2S/c1-11(2)22-13-7-5-6-12(10-13)19-17(23)20-16(21)14-8-3-4-9-15(14)18/h3-11H,1-2H3,(H2,19,20,21,23). The minimum Gasteiger partial charge on any atom is -0.491 e. The summed E-state index contributed by atoms with van der Waals surface area (Å²) in [6.07, 6.45) is 0.0945. The molecule has 23 heavy (non-hydrogen) atoms. The summed E-state index contributed by atoms with van der Waals surface area (Å²) in [5.41, 5.74) is 1.35. The maximum atomic E-state index is 12.2. The molecule has 0 saturated heterocycles. The molecular formula is C17H17IN2O2S. The summed E-state index contributed by atoms with van der Waals surface area (Å²) in [7, 11) is 0. The van der Waals surface area contributed by atoms with Crippen LogP contribution < -0.4 is 15.4 Å². The van der Waals surface area contributed by atoms with Crippen LogP contribution in [0.2, 0.25) is 0 Å². The van der Waals surface area contributed by atoms with Crippen LogP contribution in [0.15, 0.2) is 48.5 Å². The molecule has 0 atom stereocenters. The highest BCUT2D eigenvalue weighted by atomic mass is 127. The van der Waals surface area contributed by atoms with E-state index in [1.165, 1.54) is 0 Å². The van der Waals surface area contributed by atoms with E-state index in [1.807, 2.05) is 56.3 Å². The fraction of sp³-hybridized carbons (Fsp3) is 0.176. The van der Waals surface area contributed by atoms with Crippen LogP contribution in [0.1, 0.15) is 24.2 Å². The predicted octanol–water partition coefficient (Wildman–Crippen LogP) is 4.21. The van der Waals surface area contributed by atoms with Crippen molar-refractivity contribution in [3.05, 3.63) is 57.7 Å². The summed E-state index contributed by atoms with van der Waals surface area (Å²) in [4.78, 5) is 12.2. The van der Waals surface area contributed by atoms with Gasteiger partial charge in [0.15, 0.2) is 5.11 Å². The lowest BCUT2D eigenvalue weighted by Crippen LogP contribution is -2.34.